The molecule has 0 aliphatic carbocycles. The number of allylic oxidation sites excluding steroid dienone is 8. The molecule has 14 heavy (non-hydrogen) atoms. The zero-order chi connectivity index (χ0) is 11.0. The second-order valence-electron chi connectivity index (χ2n) is 2.74. The van der Waals surface area contributed by atoms with Crippen LogP contribution in [-0.4, -0.2) is 0 Å². The lowest BCUT2D eigenvalue weighted by Crippen LogP contribution is -1.81. The number of hydrogen-bond donors (Lipinski definition) is 1. The summed E-state index contributed by atoms with van der Waals surface area (Å²) in [5.41, 5.74) is 2.30. The molecule has 0 fully saturated rings. The molecular weight excluding hydrogens is 188 g/mol. The van der Waals surface area contributed by atoms with Crippen molar-refractivity contribution in [1.82, 2.24) is 0 Å². The second-order valence-corrected chi connectivity index (χ2v) is 3.26. The first kappa shape index (κ1) is 13.1. The Labute approximate surface area is 92.8 Å². The van der Waals surface area contributed by atoms with E-state index in [2.05, 4.69) is 25.3 Å². The summed E-state index contributed by atoms with van der Waals surface area (Å²) in [4.78, 5) is 0.962. The molecule has 0 saturated heterocycles. The van der Waals surface area contributed by atoms with Gasteiger partial charge in [-0.15, -0.1) is 12.6 Å². The van der Waals surface area contributed by atoms with Crippen molar-refractivity contribution in [3.63, 3.8) is 0 Å². The van der Waals surface area contributed by atoms with Gasteiger partial charge in [-0.2, -0.15) is 0 Å². The van der Waals surface area contributed by atoms with E-state index in [4.69, 9.17) is 0 Å². The standard InChI is InChI=1S/C13H18S/c1-5-11(6-2)12(7-3)9-10-13(14)8-4/h5-10,14H,1H2,2-4H3/b10-9-,11-6+,12-7+,13-8+. The maximum atomic E-state index is 4.27. The monoisotopic (exact) mass is 206 g/mol. The van der Waals surface area contributed by atoms with Crippen molar-refractivity contribution in [1.29, 1.82) is 0 Å². The molecule has 0 N–H and O–H groups in total. The van der Waals surface area contributed by atoms with Gasteiger partial charge in [0.05, 0.1) is 0 Å². The van der Waals surface area contributed by atoms with E-state index in [1.165, 1.54) is 0 Å². The van der Waals surface area contributed by atoms with Gasteiger partial charge in [0.1, 0.15) is 0 Å². The first-order chi connectivity index (χ1) is 6.69. The molecule has 0 atom stereocenters. The van der Waals surface area contributed by atoms with Crippen LogP contribution < -0.4 is 0 Å². The highest BCUT2D eigenvalue weighted by molar-refractivity contribution is 7.84. The lowest BCUT2D eigenvalue weighted by atomic mass is 10.1. The van der Waals surface area contributed by atoms with E-state index in [0.29, 0.717) is 0 Å². The lowest BCUT2D eigenvalue weighted by Gasteiger charge is -2.01. The van der Waals surface area contributed by atoms with Crippen molar-refractivity contribution in [3.8, 4) is 0 Å². The van der Waals surface area contributed by atoms with Crippen LogP contribution in [0.1, 0.15) is 20.8 Å². The Morgan fingerprint density at radius 2 is 1.50 bits per heavy atom. The highest BCUT2D eigenvalue weighted by Gasteiger charge is 1.93. The minimum absolute atomic E-state index is 0.962. The van der Waals surface area contributed by atoms with Crippen molar-refractivity contribution in [2.75, 3.05) is 0 Å². The van der Waals surface area contributed by atoms with Crippen LogP contribution in [0.5, 0.6) is 0 Å². The zero-order valence-corrected chi connectivity index (χ0v) is 10.0. The molecule has 0 aliphatic rings. The Hall–Kier alpha value is -0.950. The summed E-state index contributed by atoms with van der Waals surface area (Å²) in [6.45, 7) is 9.76. The molecule has 0 saturated carbocycles. The van der Waals surface area contributed by atoms with Crippen molar-refractivity contribution in [2.24, 2.45) is 0 Å². The minimum Gasteiger partial charge on any atom is -0.144 e. The van der Waals surface area contributed by atoms with Gasteiger partial charge >= 0.3 is 0 Å². The topological polar surface area (TPSA) is 0 Å². The van der Waals surface area contributed by atoms with E-state index in [-0.39, 0.29) is 0 Å². The van der Waals surface area contributed by atoms with Crippen molar-refractivity contribution >= 4 is 12.6 Å². The Balaban J connectivity index is 4.79. The van der Waals surface area contributed by atoms with E-state index >= 15 is 0 Å². The maximum absolute atomic E-state index is 4.27. The molecule has 0 heterocycles. The van der Waals surface area contributed by atoms with E-state index in [1.807, 2.05) is 51.2 Å². The highest BCUT2D eigenvalue weighted by Crippen LogP contribution is 2.14. The van der Waals surface area contributed by atoms with Crippen LogP contribution in [0.4, 0.5) is 0 Å². The highest BCUT2D eigenvalue weighted by atomic mass is 32.1. The molecule has 0 spiro atoms. The molecule has 1 heteroatoms. The number of rotatable bonds is 4. The maximum Gasteiger partial charge on any atom is -0.000257 e. The third-order valence-electron chi connectivity index (χ3n) is 1.90. The van der Waals surface area contributed by atoms with Gasteiger partial charge in [0, 0.05) is 0 Å². The summed E-state index contributed by atoms with van der Waals surface area (Å²) in [6, 6.07) is 0. The fraction of sp³-hybridized carbons (Fsp3) is 0.231. The molecule has 0 aromatic rings. The van der Waals surface area contributed by atoms with Gasteiger partial charge in [0.25, 0.3) is 0 Å². The Kier molecular flexibility index (Phi) is 6.95. The molecule has 0 rings (SSSR count). The largest absolute Gasteiger partial charge is 0.144 e. The summed E-state index contributed by atoms with van der Waals surface area (Å²) >= 11 is 4.27. The van der Waals surface area contributed by atoms with Crippen LogP contribution >= 0.6 is 12.6 Å². The summed E-state index contributed by atoms with van der Waals surface area (Å²) in [5, 5.41) is 0. The normalized spacial score (nSPS) is 15.0. The zero-order valence-electron chi connectivity index (χ0n) is 9.12. The van der Waals surface area contributed by atoms with Gasteiger partial charge in [0.2, 0.25) is 0 Å². The van der Waals surface area contributed by atoms with Gasteiger partial charge in [-0.05, 0) is 42.9 Å². The molecular formula is C13H18S. The van der Waals surface area contributed by atoms with Gasteiger partial charge in [-0.1, -0.05) is 37.0 Å². The van der Waals surface area contributed by atoms with Gasteiger partial charge in [-0.3, -0.25) is 0 Å². The quantitative estimate of drug-likeness (QED) is 0.509. The van der Waals surface area contributed by atoms with Crippen molar-refractivity contribution in [2.45, 2.75) is 20.8 Å². The molecule has 0 unspecified atom stereocenters. The minimum atomic E-state index is 0.962. The van der Waals surface area contributed by atoms with Crippen LogP contribution in [0, 0.1) is 0 Å². The summed E-state index contributed by atoms with van der Waals surface area (Å²) in [7, 11) is 0. The lowest BCUT2D eigenvalue weighted by molar-refractivity contribution is 1.47. The van der Waals surface area contributed by atoms with E-state index in [9.17, 15) is 0 Å². The molecule has 0 aromatic carbocycles. The SMILES string of the molecule is C=CC(=C\C)/C(/C=C\C(S)=C/C)=C/C. The Morgan fingerprint density at radius 1 is 0.929 bits per heavy atom. The fourth-order valence-corrected chi connectivity index (χ4v) is 1.11. The number of hydrogen-bond acceptors (Lipinski definition) is 1. The van der Waals surface area contributed by atoms with Crippen molar-refractivity contribution in [3.05, 3.63) is 59.1 Å². The van der Waals surface area contributed by atoms with E-state index in [1.54, 1.807) is 0 Å². The average molecular weight is 206 g/mol. The summed E-state index contributed by atoms with van der Waals surface area (Å²) in [6.07, 6.45) is 11.9. The molecule has 0 bridgehead atoms. The molecule has 0 aliphatic heterocycles. The summed E-state index contributed by atoms with van der Waals surface area (Å²) in [5.74, 6) is 0. The summed E-state index contributed by atoms with van der Waals surface area (Å²) < 4.78 is 0. The average Bonchev–Trinajstić information content (AvgIpc) is 2.23. The van der Waals surface area contributed by atoms with E-state index in [0.717, 1.165) is 16.1 Å². The first-order valence-corrected chi connectivity index (χ1v) is 5.13. The molecule has 0 nitrogen and oxygen atoms in total. The molecule has 0 radical (unpaired) electrons. The van der Waals surface area contributed by atoms with Gasteiger partial charge in [0.15, 0.2) is 0 Å². The fourth-order valence-electron chi connectivity index (χ4n) is 1.03. The number of thiol groups is 1. The van der Waals surface area contributed by atoms with Crippen molar-refractivity contribution < 1.29 is 0 Å². The first-order valence-electron chi connectivity index (χ1n) is 4.68. The predicted octanol–water partition coefficient (Wildman–Crippen LogP) is 4.45. The van der Waals surface area contributed by atoms with Gasteiger partial charge in [-0.25, -0.2) is 0 Å². The van der Waals surface area contributed by atoms with E-state index < -0.39 is 0 Å². The van der Waals surface area contributed by atoms with Crippen LogP contribution in [-0.2, 0) is 0 Å². The molecule has 0 amide bonds. The van der Waals surface area contributed by atoms with Crippen LogP contribution in [0.3, 0.4) is 0 Å². The molecule has 76 valence electrons. The third kappa shape index (κ3) is 4.33. The smallest absolute Gasteiger partial charge is 0.000257 e. The Morgan fingerprint density at radius 3 is 1.86 bits per heavy atom. The van der Waals surface area contributed by atoms with Crippen LogP contribution in [0.25, 0.3) is 0 Å². The molecule has 0 aromatic heterocycles. The van der Waals surface area contributed by atoms with Crippen LogP contribution in [0.15, 0.2) is 59.1 Å². The third-order valence-corrected chi connectivity index (χ3v) is 2.31. The predicted molar refractivity (Wildman–Crippen MR) is 69.6 cm³/mol. The second kappa shape index (κ2) is 7.45. The van der Waals surface area contributed by atoms with Crippen LogP contribution in [0.2, 0.25) is 0 Å². The Bertz CT molecular complexity index is 301. The van der Waals surface area contributed by atoms with Gasteiger partial charge < -0.3 is 0 Å².